The molecule has 2 rings (SSSR count). The zero-order valence-corrected chi connectivity index (χ0v) is 18.2. The van der Waals surface area contributed by atoms with Gasteiger partial charge in [0.25, 0.3) is 0 Å². The van der Waals surface area contributed by atoms with Gasteiger partial charge in [0, 0.05) is 32.4 Å². The summed E-state index contributed by atoms with van der Waals surface area (Å²) in [6.07, 6.45) is 2.58. The summed E-state index contributed by atoms with van der Waals surface area (Å²) in [5.74, 6) is 1.62. The van der Waals surface area contributed by atoms with Gasteiger partial charge in [0.1, 0.15) is 12.9 Å². The van der Waals surface area contributed by atoms with Crippen LogP contribution in [0, 0.1) is 13.8 Å². The van der Waals surface area contributed by atoms with Gasteiger partial charge in [0.05, 0.1) is 5.69 Å². The number of nitrogens with one attached hydrogen (secondary N) is 2. The van der Waals surface area contributed by atoms with E-state index >= 15 is 0 Å². The smallest absolute Gasteiger partial charge is 0.191 e. The summed E-state index contributed by atoms with van der Waals surface area (Å²) >= 11 is 0. The fourth-order valence-corrected chi connectivity index (χ4v) is 2.62. The number of nitrogens with zero attached hydrogens (tertiary/aromatic N) is 6. The largest absolute Gasteiger partial charge is 0.357 e. The van der Waals surface area contributed by atoms with Crippen molar-refractivity contribution in [3.8, 4) is 0 Å². The van der Waals surface area contributed by atoms with Crippen LogP contribution in [0.2, 0.25) is 0 Å². The van der Waals surface area contributed by atoms with Crippen molar-refractivity contribution in [3.05, 3.63) is 29.1 Å². The molecule has 0 saturated carbocycles. The van der Waals surface area contributed by atoms with Crippen LogP contribution in [0.4, 0.5) is 0 Å². The molecule has 8 nitrogen and oxygen atoms in total. The minimum Gasteiger partial charge on any atom is -0.357 e. The van der Waals surface area contributed by atoms with Crippen LogP contribution in [-0.2, 0) is 27.1 Å². The molecule has 0 aliphatic rings. The van der Waals surface area contributed by atoms with Gasteiger partial charge in [-0.15, -0.1) is 34.2 Å². The highest BCUT2D eigenvalue weighted by atomic mass is 127. The molecule has 0 bridgehead atoms. The Bertz CT molecular complexity index is 703. The van der Waals surface area contributed by atoms with Crippen molar-refractivity contribution in [2.24, 2.45) is 19.1 Å². The maximum Gasteiger partial charge on any atom is 0.191 e. The summed E-state index contributed by atoms with van der Waals surface area (Å²) in [6, 6.07) is 0.240. The molecule has 2 aromatic rings. The SMILES string of the molecule is CCNC(=NCc1nncn1C)NC(C)Cc1c(C)nn(C)c1C.I. The van der Waals surface area contributed by atoms with Crippen molar-refractivity contribution in [1.82, 2.24) is 35.2 Å². The first kappa shape index (κ1) is 21.4. The van der Waals surface area contributed by atoms with Crippen molar-refractivity contribution in [1.29, 1.82) is 0 Å². The van der Waals surface area contributed by atoms with Crippen molar-refractivity contribution in [2.75, 3.05) is 6.54 Å². The van der Waals surface area contributed by atoms with Crippen LogP contribution in [0.25, 0.3) is 0 Å². The van der Waals surface area contributed by atoms with Crippen LogP contribution in [-0.4, -0.2) is 43.1 Å². The van der Waals surface area contributed by atoms with Gasteiger partial charge in [0.2, 0.25) is 0 Å². The topological polar surface area (TPSA) is 84.9 Å². The Balaban J connectivity index is 0.00000312. The molecule has 1 atom stereocenters. The van der Waals surface area contributed by atoms with Gasteiger partial charge in [-0.25, -0.2) is 4.99 Å². The normalized spacial score (nSPS) is 12.6. The highest BCUT2D eigenvalue weighted by Gasteiger charge is 2.14. The predicted molar refractivity (Wildman–Crippen MR) is 110 cm³/mol. The van der Waals surface area contributed by atoms with Crippen molar-refractivity contribution in [2.45, 2.75) is 46.7 Å². The molecule has 2 heterocycles. The van der Waals surface area contributed by atoms with E-state index in [1.807, 2.05) is 23.3 Å². The van der Waals surface area contributed by atoms with E-state index in [2.05, 4.69) is 58.6 Å². The summed E-state index contributed by atoms with van der Waals surface area (Å²) in [5, 5.41) is 19.2. The zero-order valence-electron chi connectivity index (χ0n) is 15.9. The predicted octanol–water partition coefficient (Wildman–Crippen LogP) is 1.47. The van der Waals surface area contributed by atoms with Crippen LogP contribution < -0.4 is 10.6 Å². The first-order chi connectivity index (χ1) is 11.4. The van der Waals surface area contributed by atoms with Gasteiger partial charge in [-0.2, -0.15) is 5.10 Å². The zero-order chi connectivity index (χ0) is 17.7. The second-order valence-corrected chi connectivity index (χ2v) is 6.08. The lowest BCUT2D eigenvalue weighted by Crippen LogP contribution is -2.43. The molecule has 0 aliphatic heterocycles. The minimum atomic E-state index is 0. The molecule has 0 fully saturated rings. The molecule has 9 heteroatoms. The fourth-order valence-electron chi connectivity index (χ4n) is 2.62. The maximum absolute atomic E-state index is 4.60. The Labute approximate surface area is 166 Å². The number of hydrogen-bond donors (Lipinski definition) is 2. The number of halogens is 1. The number of hydrogen-bond acceptors (Lipinski definition) is 4. The van der Waals surface area contributed by atoms with Gasteiger partial charge in [-0.05, 0) is 39.7 Å². The molecule has 1 unspecified atom stereocenters. The van der Waals surface area contributed by atoms with E-state index in [1.165, 1.54) is 11.3 Å². The Morgan fingerprint density at radius 2 is 2.04 bits per heavy atom. The molecule has 140 valence electrons. The van der Waals surface area contributed by atoms with Crippen molar-refractivity contribution < 1.29 is 0 Å². The van der Waals surface area contributed by atoms with Crippen LogP contribution in [0.1, 0.15) is 36.6 Å². The van der Waals surface area contributed by atoms with Crippen LogP contribution in [0.15, 0.2) is 11.3 Å². The number of guanidine groups is 1. The van der Waals surface area contributed by atoms with Gasteiger partial charge >= 0.3 is 0 Å². The third kappa shape index (κ3) is 5.68. The summed E-state index contributed by atoms with van der Waals surface area (Å²) < 4.78 is 3.81. The van der Waals surface area contributed by atoms with Crippen LogP contribution in [0.3, 0.4) is 0 Å². The van der Waals surface area contributed by atoms with Gasteiger partial charge in [-0.1, -0.05) is 0 Å². The first-order valence-electron chi connectivity index (χ1n) is 8.29. The monoisotopic (exact) mass is 460 g/mol. The van der Waals surface area contributed by atoms with E-state index in [0.717, 1.165) is 30.4 Å². The number of aromatic nitrogens is 5. The Hall–Kier alpha value is -1.65. The second kappa shape index (κ2) is 9.73. The molecule has 0 aromatic carbocycles. The standard InChI is InChI=1S/C16H28N8.HI/c1-7-17-16(18-9-15-21-19-10-23(15)5)20-11(2)8-14-12(3)22-24(6)13(14)4;/h10-11H,7-9H2,1-6H3,(H2,17,18,20);1H. The Morgan fingerprint density at radius 1 is 1.32 bits per heavy atom. The Morgan fingerprint density at radius 3 is 2.56 bits per heavy atom. The summed E-state index contributed by atoms with van der Waals surface area (Å²) in [4.78, 5) is 4.60. The molecular formula is C16H29IN8. The third-order valence-corrected chi connectivity index (χ3v) is 4.08. The van der Waals surface area contributed by atoms with Gasteiger partial charge in [0.15, 0.2) is 11.8 Å². The molecule has 0 aliphatic carbocycles. The van der Waals surface area contributed by atoms with E-state index in [1.54, 1.807) is 6.33 Å². The third-order valence-electron chi connectivity index (χ3n) is 4.08. The van der Waals surface area contributed by atoms with E-state index in [0.29, 0.717) is 6.54 Å². The highest BCUT2D eigenvalue weighted by Crippen LogP contribution is 2.14. The van der Waals surface area contributed by atoms with Crippen molar-refractivity contribution >= 4 is 29.9 Å². The van der Waals surface area contributed by atoms with Crippen LogP contribution in [0.5, 0.6) is 0 Å². The molecule has 0 saturated heterocycles. The molecule has 25 heavy (non-hydrogen) atoms. The number of aryl methyl sites for hydroxylation is 3. The summed E-state index contributed by atoms with van der Waals surface area (Å²) in [5.41, 5.74) is 3.59. The number of rotatable bonds is 6. The molecule has 0 radical (unpaired) electrons. The first-order valence-corrected chi connectivity index (χ1v) is 8.29. The summed E-state index contributed by atoms with van der Waals surface area (Å²) in [7, 11) is 3.90. The average Bonchev–Trinajstić information content (AvgIpc) is 3.03. The molecule has 0 amide bonds. The lowest BCUT2D eigenvalue weighted by molar-refractivity contribution is 0.634. The fraction of sp³-hybridized carbons (Fsp3) is 0.625. The molecule has 2 N–H and O–H groups in total. The van der Waals surface area contributed by atoms with Gasteiger partial charge in [-0.3, -0.25) is 4.68 Å². The lowest BCUT2D eigenvalue weighted by atomic mass is 10.1. The summed E-state index contributed by atoms with van der Waals surface area (Å²) in [6.45, 7) is 9.67. The van der Waals surface area contributed by atoms with Gasteiger partial charge < -0.3 is 15.2 Å². The van der Waals surface area contributed by atoms with E-state index in [-0.39, 0.29) is 30.0 Å². The van der Waals surface area contributed by atoms with Crippen LogP contribution >= 0.6 is 24.0 Å². The number of aliphatic imine (C=N–C) groups is 1. The van der Waals surface area contributed by atoms with E-state index < -0.39 is 0 Å². The Kier molecular flexibility index (Phi) is 8.33. The molecule has 0 spiro atoms. The quantitative estimate of drug-likeness (QED) is 0.388. The molecule has 2 aromatic heterocycles. The molecular weight excluding hydrogens is 431 g/mol. The minimum absolute atomic E-state index is 0. The van der Waals surface area contributed by atoms with E-state index in [9.17, 15) is 0 Å². The second-order valence-electron chi connectivity index (χ2n) is 6.08. The van der Waals surface area contributed by atoms with E-state index in [4.69, 9.17) is 0 Å². The van der Waals surface area contributed by atoms with Crippen molar-refractivity contribution in [3.63, 3.8) is 0 Å². The average molecular weight is 460 g/mol. The lowest BCUT2D eigenvalue weighted by Gasteiger charge is -2.18. The highest BCUT2D eigenvalue weighted by molar-refractivity contribution is 14.0. The maximum atomic E-state index is 4.60.